The molecule has 0 aliphatic carbocycles. The van der Waals surface area contributed by atoms with Gasteiger partial charge in [-0.1, -0.05) is 112 Å². The van der Waals surface area contributed by atoms with Gasteiger partial charge in [-0.3, -0.25) is 9.97 Å². The molecule has 5 aromatic carbocycles. The number of hydrogen-bond acceptors (Lipinski definition) is 14. The third-order valence-electron chi connectivity index (χ3n) is 13.2. The van der Waals surface area contributed by atoms with Gasteiger partial charge in [0.2, 0.25) is 0 Å². The van der Waals surface area contributed by atoms with Crippen LogP contribution in [0.5, 0.6) is 28.7 Å². The van der Waals surface area contributed by atoms with Crippen LogP contribution in [0.3, 0.4) is 0 Å². The maximum atomic E-state index is 6.21. The Kier molecular flexibility index (Phi) is 16.2. The van der Waals surface area contributed by atoms with Gasteiger partial charge >= 0.3 is 0 Å². The molecule has 12 rings (SSSR count). The van der Waals surface area contributed by atoms with Gasteiger partial charge in [0.25, 0.3) is 0 Å². The maximum Gasteiger partial charge on any atom is 0.192 e. The summed E-state index contributed by atoms with van der Waals surface area (Å²) in [7, 11) is 2.09. The van der Waals surface area contributed by atoms with Gasteiger partial charge in [0.1, 0.15) is 54.4 Å². The van der Waals surface area contributed by atoms with Gasteiger partial charge in [-0.2, -0.15) is 19.2 Å². The zero-order valence-electron chi connectivity index (χ0n) is 46.5. The number of rotatable bonds is 18. The Labute approximate surface area is 480 Å². The summed E-state index contributed by atoms with van der Waals surface area (Å²) in [6.45, 7) is 16.7. The van der Waals surface area contributed by atoms with Gasteiger partial charge < -0.3 is 28.4 Å². The van der Waals surface area contributed by atoms with Gasteiger partial charge in [0, 0.05) is 78.1 Å². The molecule has 83 heavy (non-hydrogen) atoms. The number of hydrogen-bond donors (Lipinski definition) is 0. The SMILES string of the molecule is C=C(CN(C)c1ccc(Oc2ccc3c(OCc4nnc5ccc(-c6ccccc6)nn45)ccnc3c2)cc1)CC(C)(C)C.C=Cc1nccn1CC#CCOc1ccc2c(OCc3nnc4ccc(-c5ccccc5)nn34)ccnc2c1. The molecule has 0 bridgehead atoms. The minimum Gasteiger partial charge on any atom is -0.485 e. The Morgan fingerprint density at radius 2 is 1.14 bits per heavy atom. The second kappa shape index (κ2) is 24.7. The van der Waals surface area contributed by atoms with E-state index in [-0.39, 0.29) is 25.2 Å². The highest BCUT2D eigenvalue weighted by Gasteiger charge is 2.16. The highest BCUT2D eigenvalue weighted by molar-refractivity contribution is 5.87. The molecular formula is C66H59N13O4. The summed E-state index contributed by atoms with van der Waals surface area (Å²) < 4.78 is 29.7. The quantitative estimate of drug-likeness (QED) is 0.0587. The lowest BCUT2D eigenvalue weighted by Gasteiger charge is -2.25. The van der Waals surface area contributed by atoms with E-state index >= 15 is 0 Å². The van der Waals surface area contributed by atoms with Gasteiger partial charge in [0.15, 0.2) is 22.9 Å². The molecule has 0 spiro atoms. The fraction of sp³-hybridized carbons (Fsp3) is 0.167. The van der Waals surface area contributed by atoms with Gasteiger partial charge in [0.05, 0.1) is 29.0 Å². The molecule has 0 saturated carbocycles. The predicted octanol–water partition coefficient (Wildman–Crippen LogP) is 13.0. The molecule has 0 fully saturated rings. The molecule has 0 N–H and O–H groups in total. The van der Waals surface area contributed by atoms with Crippen molar-refractivity contribution < 1.29 is 18.9 Å². The first-order valence-electron chi connectivity index (χ1n) is 26.9. The van der Waals surface area contributed by atoms with Crippen molar-refractivity contribution in [3.05, 3.63) is 219 Å². The third kappa shape index (κ3) is 13.3. The first kappa shape index (κ1) is 54.2. The largest absolute Gasteiger partial charge is 0.485 e. The van der Waals surface area contributed by atoms with Crippen molar-refractivity contribution in [3.63, 3.8) is 0 Å². The number of nitrogens with zero attached hydrogens (tertiary/aromatic N) is 13. The first-order chi connectivity index (χ1) is 40.5. The van der Waals surface area contributed by atoms with Crippen molar-refractivity contribution in [1.29, 1.82) is 0 Å². The van der Waals surface area contributed by atoms with Crippen molar-refractivity contribution in [2.24, 2.45) is 5.41 Å². The lowest BCUT2D eigenvalue weighted by Crippen LogP contribution is -2.21. The van der Waals surface area contributed by atoms with Crippen LogP contribution >= 0.6 is 0 Å². The average molecular weight is 1100 g/mol. The molecule has 0 amide bonds. The Morgan fingerprint density at radius 1 is 0.590 bits per heavy atom. The second-order valence-electron chi connectivity index (χ2n) is 20.7. The van der Waals surface area contributed by atoms with Gasteiger partial charge in [-0.15, -0.1) is 20.4 Å². The molecule has 0 unspecified atom stereocenters. The van der Waals surface area contributed by atoms with Crippen LogP contribution in [0.15, 0.2) is 201 Å². The summed E-state index contributed by atoms with van der Waals surface area (Å²) in [5.74, 6) is 11.6. The van der Waals surface area contributed by atoms with Crippen molar-refractivity contribution in [1.82, 2.24) is 59.1 Å². The minimum absolute atomic E-state index is 0.198. The van der Waals surface area contributed by atoms with Crippen molar-refractivity contribution in [2.45, 2.75) is 47.0 Å². The lowest BCUT2D eigenvalue weighted by atomic mass is 9.88. The number of fused-ring (bicyclic) bond motifs is 4. The van der Waals surface area contributed by atoms with Crippen molar-refractivity contribution >= 4 is 44.9 Å². The van der Waals surface area contributed by atoms with Crippen LogP contribution < -0.4 is 23.8 Å². The minimum atomic E-state index is 0.198. The highest BCUT2D eigenvalue weighted by atomic mass is 16.5. The van der Waals surface area contributed by atoms with Crippen molar-refractivity contribution in [2.75, 3.05) is 25.1 Å². The van der Waals surface area contributed by atoms with E-state index in [2.05, 4.69) is 105 Å². The average Bonchev–Trinajstić information content (AvgIpc) is 4.35. The third-order valence-corrected chi connectivity index (χ3v) is 13.2. The lowest BCUT2D eigenvalue weighted by molar-refractivity contribution is 0.296. The fourth-order valence-corrected chi connectivity index (χ4v) is 9.36. The normalized spacial score (nSPS) is 11.2. The molecule has 12 aromatic rings. The number of imidazole rings is 1. The summed E-state index contributed by atoms with van der Waals surface area (Å²) in [6, 6.07) is 50.9. The molecule has 7 heterocycles. The summed E-state index contributed by atoms with van der Waals surface area (Å²) in [4.78, 5) is 15.4. The van der Waals surface area contributed by atoms with Crippen LogP contribution in [-0.4, -0.2) is 79.3 Å². The monoisotopic (exact) mass is 1100 g/mol. The van der Waals surface area contributed by atoms with E-state index in [0.29, 0.717) is 52.5 Å². The Bertz CT molecular complexity index is 4290. The second-order valence-corrected chi connectivity index (χ2v) is 20.7. The number of pyridine rings is 2. The number of likely N-dealkylation sites (N-methyl/N-ethyl adjacent to an activating group) is 1. The molecular weight excluding hydrogens is 1040 g/mol. The number of aromatic nitrogens is 12. The molecule has 0 atom stereocenters. The molecule has 0 radical (unpaired) electrons. The summed E-state index contributed by atoms with van der Waals surface area (Å²) >= 11 is 0. The topological polar surface area (TPSA) is 170 Å². The standard InChI is InChI=1S/C36H36N6O2.C30H23N7O2/c1-25(22-36(2,3)4)23-41(5)27-11-13-28(14-12-27)44-29-15-16-30-32(21-29)37-20-19-33(30)43-24-35-39-38-34-18-17-31(40-42(34)35)26-9-7-6-8-10-26;1-2-28-32-16-18-36(28)17-6-7-19-38-23-10-11-24-26(20-23)31-15-14-27(24)39-21-30-34-33-29-13-12-25(35-37(29)30)22-8-4-3-5-9-22/h6-21H,1,22-24H2,2-5H3;2-5,8-16,18,20H,1,17,19,21H2. The van der Waals surface area contributed by atoms with E-state index in [0.717, 1.165) is 74.5 Å². The number of anilines is 1. The van der Waals surface area contributed by atoms with Crippen LogP contribution in [0.4, 0.5) is 5.69 Å². The molecule has 0 aliphatic heterocycles. The fourth-order valence-electron chi connectivity index (χ4n) is 9.36. The Balaban J connectivity index is 0.000000175. The van der Waals surface area contributed by atoms with Gasteiger partial charge in [-0.25, -0.2) is 4.98 Å². The van der Waals surface area contributed by atoms with E-state index in [1.807, 2.05) is 156 Å². The summed E-state index contributed by atoms with van der Waals surface area (Å²) in [6.07, 6.45) is 9.72. The van der Waals surface area contributed by atoms with E-state index in [1.165, 1.54) is 5.57 Å². The van der Waals surface area contributed by atoms with E-state index in [9.17, 15) is 0 Å². The predicted molar refractivity (Wildman–Crippen MR) is 323 cm³/mol. The molecule has 7 aromatic heterocycles. The van der Waals surface area contributed by atoms with Crippen LogP contribution in [0, 0.1) is 17.3 Å². The number of benzene rings is 5. The smallest absolute Gasteiger partial charge is 0.192 e. The molecule has 17 heteroatoms. The molecule has 17 nitrogen and oxygen atoms in total. The van der Waals surface area contributed by atoms with Crippen molar-refractivity contribution in [3.8, 4) is 63.1 Å². The van der Waals surface area contributed by atoms with E-state index < -0.39 is 0 Å². The van der Waals surface area contributed by atoms with Crippen LogP contribution in [0.1, 0.15) is 44.7 Å². The Hall–Kier alpha value is -10.7. The first-order valence-corrected chi connectivity index (χ1v) is 26.9. The van der Waals surface area contributed by atoms with Crippen LogP contribution in [0.25, 0.3) is 61.7 Å². The summed E-state index contributed by atoms with van der Waals surface area (Å²) in [5.41, 5.74) is 9.11. The van der Waals surface area contributed by atoms with Crippen LogP contribution in [0.2, 0.25) is 0 Å². The maximum absolute atomic E-state index is 6.21. The van der Waals surface area contributed by atoms with E-state index in [4.69, 9.17) is 29.1 Å². The van der Waals surface area contributed by atoms with E-state index in [1.54, 1.807) is 33.7 Å². The molecule has 0 aliphatic rings. The van der Waals surface area contributed by atoms with Gasteiger partial charge in [-0.05, 0) is 103 Å². The summed E-state index contributed by atoms with van der Waals surface area (Å²) in [5, 5.41) is 28.3. The highest BCUT2D eigenvalue weighted by Crippen LogP contribution is 2.33. The number of ether oxygens (including phenoxy) is 4. The molecule has 412 valence electrons. The Morgan fingerprint density at radius 3 is 1.71 bits per heavy atom. The van der Waals surface area contributed by atoms with Crippen LogP contribution in [-0.2, 0) is 19.8 Å². The molecule has 0 saturated heterocycles. The zero-order chi connectivity index (χ0) is 57.1. The zero-order valence-corrected chi connectivity index (χ0v) is 46.5.